The van der Waals surface area contributed by atoms with E-state index in [1.54, 1.807) is 24.3 Å². The fraction of sp³-hybridized carbons (Fsp3) is 0.600. The standard InChI is InChI=1S/C25H36N4O5S2/c1-4-8-18(27-23(33)19-13-25(15-29(19)3)35-11-12-36-25)22(32)24(34)26-14-20(31)28-21(16(2)30)17-9-6-5-7-10-17/h5-7,9-10,18-19,21-22,32H,4,8,11-15H2,1-3H3,(H,26,34)(H,27,33)(H,28,31)/t18?,19?,21-,22?/m1/s1. The number of nitrogens with one attached hydrogen (secondary N) is 3. The number of aliphatic hydroxyl groups excluding tert-OH is 1. The predicted octanol–water partition coefficient (Wildman–Crippen LogP) is 1.08. The molecule has 0 saturated carbocycles. The maximum absolute atomic E-state index is 13.1. The van der Waals surface area contributed by atoms with Crippen LogP contribution in [0.25, 0.3) is 0 Å². The molecule has 2 aliphatic heterocycles. The first-order valence-corrected chi connectivity index (χ1v) is 14.2. The molecule has 11 heteroatoms. The summed E-state index contributed by atoms with van der Waals surface area (Å²) < 4.78 is 0.0395. The zero-order chi connectivity index (χ0) is 26.3. The third kappa shape index (κ3) is 7.24. The lowest BCUT2D eigenvalue weighted by Gasteiger charge is -2.26. The van der Waals surface area contributed by atoms with Gasteiger partial charge in [0, 0.05) is 18.1 Å². The maximum Gasteiger partial charge on any atom is 0.251 e. The molecule has 2 aliphatic rings. The number of benzene rings is 1. The van der Waals surface area contributed by atoms with Crippen LogP contribution in [0, 0.1) is 0 Å². The van der Waals surface area contributed by atoms with E-state index in [1.165, 1.54) is 6.92 Å². The van der Waals surface area contributed by atoms with Crippen molar-refractivity contribution in [3.05, 3.63) is 35.9 Å². The van der Waals surface area contributed by atoms with Crippen LogP contribution in [0.15, 0.2) is 30.3 Å². The Morgan fingerprint density at radius 3 is 2.42 bits per heavy atom. The van der Waals surface area contributed by atoms with E-state index in [0.29, 0.717) is 18.4 Å². The van der Waals surface area contributed by atoms with Gasteiger partial charge < -0.3 is 21.1 Å². The number of likely N-dealkylation sites (N-methyl/N-ethyl adjacent to an activating group) is 1. The van der Waals surface area contributed by atoms with E-state index in [0.717, 1.165) is 24.5 Å². The second-order valence-corrected chi connectivity index (χ2v) is 12.5. The number of hydrogen-bond acceptors (Lipinski definition) is 8. The van der Waals surface area contributed by atoms with Crippen LogP contribution >= 0.6 is 23.5 Å². The van der Waals surface area contributed by atoms with Gasteiger partial charge in [-0.2, -0.15) is 0 Å². The molecule has 4 N–H and O–H groups in total. The minimum absolute atomic E-state index is 0.0395. The van der Waals surface area contributed by atoms with Crippen LogP contribution in [0.4, 0.5) is 0 Å². The van der Waals surface area contributed by atoms with Crippen LogP contribution in [-0.2, 0) is 19.2 Å². The summed E-state index contributed by atoms with van der Waals surface area (Å²) in [6.07, 6.45) is 0.293. The zero-order valence-corrected chi connectivity index (χ0v) is 22.6. The second kappa shape index (κ2) is 12.9. The van der Waals surface area contributed by atoms with Gasteiger partial charge in [0.05, 0.1) is 22.7 Å². The Morgan fingerprint density at radius 2 is 1.81 bits per heavy atom. The van der Waals surface area contributed by atoms with Crippen molar-refractivity contribution in [2.24, 2.45) is 0 Å². The van der Waals surface area contributed by atoms with Crippen molar-refractivity contribution in [3.8, 4) is 0 Å². The average molecular weight is 537 g/mol. The number of carbonyl (C=O) groups excluding carboxylic acids is 4. The summed E-state index contributed by atoms with van der Waals surface area (Å²) in [6, 6.07) is 6.92. The number of thioether (sulfide) groups is 2. The fourth-order valence-electron chi connectivity index (χ4n) is 4.63. The molecule has 2 heterocycles. The first-order chi connectivity index (χ1) is 17.2. The Balaban J connectivity index is 1.53. The fourth-order valence-corrected chi connectivity index (χ4v) is 8.02. The molecule has 3 unspecified atom stereocenters. The molecule has 2 saturated heterocycles. The van der Waals surface area contributed by atoms with Gasteiger partial charge in [-0.05, 0) is 32.4 Å². The molecule has 198 valence electrons. The first-order valence-electron chi connectivity index (χ1n) is 12.2. The first kappa shape index (κ1) is 28.5. The van der Waals surface area contributed by atoms with E-state index in [9.17, 15) is 24.3 Å². The molecule has 3 rings (SSSR count). The highest BCUT2D eigenvalue weighted by Crippen LogP contribution is 2.51. The van der Waals surface area contributed by atoms with Crippen molar-refractivity contribution in [3.63, 3.8) is 0 Å². The van der Waals surface area contributed by atoms with Crippen molar-refractivity contribution >= 4 is 47.0 Å². The minimum atomic E-state index is -1.50. The summed E-state index contributed by atoms with van der Waals surface area (Å²) in [6.45, 7) is 3.71. The van der Waals surface area contributed by atoms with Gasteiger partial charge in [0.1, 0.15) is 6.04 Å². The van der Waals surface area contributed by atoms with E-state index in [2.05, 4.69) is 16.0 Å². The topological polar surface area (TPSA) is 128 Å². The highest BCUT2D eigenvalue weighted by molar-refractivity contribution is 8.21. The van der Waals surface area contributed by atoms with Crippen LogP contribution in [0.1, 0.15) is 44.7 Å². The van der Waals surface area contributed by atoms with Gasteiger partial charge in [-0.15, -0.1) is 23.5 Å². The lowest BCUT2D eigenvalue weighted by atomic mass is 10.0. The van der Waals surface area contributed by atoms with Gasteiger partial charge in [-0.1, -0.05) is 43.7 Å². The molecule has 1 spiro atoms. The maximum atomic E-state index is 13.1. The normalized spacial score (nSPS) is 21.5. The number of hydrogen-bond donors (Lipinski definition) is 4. The molecular weight excluding hydrogens is 500 g/mol. The second-order valence-electron chi connectivity index (χ2n) is 9.33. The monoisotopic (exact) mass is 536 g/mol. The molecule has 9 nitrogen and oxygen atoms in total. The minimum Gasteiger partial charge on any atom is -0.381 e. The number of likely N-dealkylation sites (tertiary alicyclic amines) is 1. The lowest BCUT2D eigenvalue weighted by molar-refractivity contribution is -0.135. The SMILES string of the molecule is CCCC(NC(=O)C1CC2(CN1C)SCCS2)C(O)C(=O)NCC(=O)N[C@H](C(C)=O)c1ccccc1. The largest absolute Gasteiger partial charge is 0.381 e. The van der Waals surface area contributed by atoms with Gasteiger partial charge in [-0.3, -0.25) is 24.1 Å². The third-order valence-corrected chi connectivity index (χ3v) is 9.91. The Hall–Kier alpha value is -2.08. The number of amides is 3. The van der Waals surface area contributed by atoms with Gasteiger partial charge in [-0.25, -0.2) is 0 Å². The Kier molecular flexibility index (Phi) is 10.2. The van der Waals surface area contributed by atoms with E-state index in [4.69, 9.17) is 0 Å². The highest BCUT2D eigenvalue weighted by Gasteiger charge is 2.48. The molecule has 1 aromatic rings. The molecular formula is C25H36N4O5S2. The molecule has 0 aliphatic carbocycles. The van der Waals surface area contributed by atoms with Crippen LogP contribution in [0.5, 0.6) is 0 Å². The van der Waals surface area contributed by atoms with Crippen molar-refractivity contribution < 1.29 is 24.3 Å². The lowest BCUT2D eigenvalue weighted by Crippen LogP contribution is -2.54. The number of rotatable bonds is 11. The third-order valence-electron chi connectivity index (χ3n) is 6.49. The molecule has 0 radical (unpaired) electrons. The van der Waals surface area contributed by atoms with Crippen molar-refractivity contribution in [2.75, 3.05) is 31.6 Å². The highest BCUT2D eigenvalue weighted by atomic mass is 32.2. The number of Topliss-reactive ketones (excluding diaryl/α,β-unsaturated/α-hetero) is 1. The van der Waals surface area contributed by atoms with E-state index in [1.807, 2.05) is 48.5 Å². The number of aliphatic hydroxyl groups is 1. The number of carbonyl (C=O) groups is 4. The molecule has 1 aromatic carbocycles. The molecule has 2 fully saturated rings. The summed E-state index contributed by atoms with van der Waals surface area (Å²) in [5, 5.41) is 18.6. The smallest absolute Gasteiger partial charge is 0.251 e. The van der Waals surface area contributed by atoms with Crippen LogP contribution in [0.3, 0.4) is 0 Å². The Bertz CT molecular complexity index is 942. The summed E-state index contributed by atoms with van der Waals surface area (Å²) >= 11 is 3.80. The Labute approximate surface area is 220 Å². The number of nitrogens with zero attached hydrogens (tertiary/aromatic N) is 1. The van der Waals surface area contributed by atoms with E-state index in [-0.39, 0.29) is 21.8 Å². The van der Waals surface area contributed by atoms with Gasteiger partial charge >= 0.3 is 0 Å². The molecule has 3 amide bonds. The van der Waals surface area contributed by atoms with E-state index >= 15 is 0 Å². The van der Waals surface area contributed by atoms with Crippen molar-refractivity contribution in [1.82, 2.24) is 20.9 Å². The van der Waals surface area contributed by atoms with Crippen molar-refractivity contribution in [1.29, 1.82) is 0 Å². The molecule has 0 bridgehead atoms. The van der Waals surface area contributed by atoms with Crippen LogP contribution in [-0.4, -0.2) is 87.4 Å². The molecule has 36 heavy (non-hydrogen) atoms. The summed E-state index contributed by atoms with van der Waals surface area (Å²) in [7, 11) is 1.93. The number of ketones is 1. The van der Waals surface area contributed by atoms with Gasteiger partial charge in [0.25, 0.3) is 5.91 Å². The van der Waals surface area contributed by atoms with E-state index < -0.39 is 36.5 Å². The predicted molar refractivity (Wildman–Crippen MR) is 143 cm³/mol. The van der Waals surface area contributed by atoms with Gasteiger partial charge in [0.2, 0.25) is 11.8 Å². The molecule has 0 aromatic heterocycles. The van der Waals surface area contributed by atoms with Crippen LogP contribution < -0.4 is 16.0 Å². The summed E-state index contributed by atoms with van der Waals surface area (Å²) in [5.41, 5.74) is 0.642. The summed E-state index contributed by atoms with van der Waals surface area (Å²) in [4.78, 5) is 52.2. The Morgan fingerprint density at radius 1 is 1.14 bits per heavy atom. The quantitative estimate of drug-likeness (QED) is 0.331. The average Bonchev–Trinajstić information content (AvgIpc) is 3.45. The van der Waals surface area contributed by atoms with Crippen LogP contribution in [0.2, 0.25) is 0 Å². The van der Waals surface area contributed by atoms with Crippen molar-refractivity contribution in [2.45, 2.75) is 61.4 Å². The zero-order valence-electron chi connectivity index (χ0n) is 21.0. The summed E-state index contributed by atoms with van der Waals surface area (Å²) in [5.74, 6) is 0.422. The molecule has 4 atom stereocenters. The van der Waals surface area contributed by atoms with Gasteiger partial charge in [0.15, 0.2) is 11.9 Å².